The zero-order chi connectivity index (χ0) is 10.7. The van der Waals surface area contributed by atoms with Crippen molar-refractivity contribution < 1.29 is 0 Å². The molecule has 0 spiro atoms. The number of rotatable bonds is 6. The highest BCUT2D eigenvalue weighted by Gasteiger charge is 2.25. The monoisotopic (exact) mass is 210 g/mol. The van der Waals surface area contributed by atoms with Crippen molar-refractivity contribution in [3.05, 3.63) is 0 Å². The molecule has 1 saturated carbocycles. The lowest BCUT2D eigenvalue weighted by atomic mass is 10.1. The summed E-state index contributed by atoms with van der Waals surface area (Å²) in [6, 6.07) is 0.644. The summed E-state index contributed by atoms with van der Waals surface area (Å²) in [5.41, 5.74) is 0. The Balaban J connectivity index is 1.56. The quantitative estimate of drug-likeness (QED) is 0.722. The van der Waals surface area contributed by atoms with E-state index >= 15 is 0 Å². The number of hydrogen-bond donors (Lipinski definition) is 1. The number of likely N-dealkylation sites (tertiary alicyclic amines) is 1. The van der Waals surface area contributed by atoms with Gasteiger partial charge in [0.15, 0.2) is 0 Å². The van der Waals surface area contributed by atoms with Crippen LogP contribution in [0.5, 0.6) is 0 Å². The Labute approximate surface area is 94.4 Å². The van der Waals surface area contributed by atoms with Crippen molar-refractivity contribution >= 4 is 0 Å². The smallest absolute Gasteiger partial charge is 0.00223 e. The molecule has 0 aromatic carbocycles. The number of hydrogen-bond acceptors (Lipinski definition) is 2. The van der Waals surface area contributed by atoms with Crippen LogP contribution in [-0.2, 0) is 0 Å². The zero-order valence-electron chi connectivity index (χ0n) is 10.3. The molecule has 0 radical (unpaired) electrons. The first kappa shape index (κ1) is 11.4. The Morgan fingerprint density at radius 3 is 2.67 bits per heavy atom. The molecule has 2 fully saturated rings. The van der Waals surface area contributed by atoms with Crippen molar-refractivity contribution in [1.29, 1.82) is 0 Å². The minimum Gasteiger partial charge on any atom is -0.314 e. The van der Waals surface area contributed by atoms with Crippen LogP contribution in [0.4, 0.5) is 0 Å². The van der Waals surface area contributed by atoms with Crippen LogP contribution in [0.1, 0.15) is 39.5 Å². The predicted octanol–water partition coefficient (Wildman–Crippen LogP) is 2.11. The SMILES string of the molecule is CC(C)NCC1CCN(CCC2CC2)C1. The summed E-state index contributed by atoms with van der Waals surface area (Å²) in [6.45, 7) is 9.74. The molecule has 15 heavy (non-hydrogen) atoms. The van der Waals surface area contributed by atoms with Crippen LogP contribution in [0.15, 0.2) is 0 Å². The second kappa shape index (κ2) is 5.31. The molecule has 1 aliphatic heterocycles. The van der Waals surface area contributed by atoms with E-state index in [0.29, 0.717) is 6.04 Å². The van der Waals surface area contributed by atoms with Crippen molar-refractivity contribution in [3.8, 4) is 0 Å². The molecule has 2 rings (SSSR count). The van der Waals surface area contributed by atoms with Gasteiger partial charge in [0.25, 0.3) is 0 Å². The van der Waals surface area contributed by atoms with Gasteiger partial charge in [-0.1, -0.05) is 26.7 Å². The molecule has 2 aliphatic rings. The number of nitrogens with one attached hydrogen (secondary N) is 1. The van der Waals surface area contributed by atoms with E-state index in [4.69, 9.17) is 0 Å². The van der Waals surface area contributed by atoms with Crippen LogP contribution in [-0.4, -0.2) is 37.1 Å². The topological polar surface area (TPSA) is 15.3 Å². The molecule has 1 atom stereocenters. The summed E-state index contributed by atoms with van der Waals surface area (Å²) >= 11 is 0. The van der Waals surface area contributed by atoms with Gasteiger partial charge in [-0.15, -0.1) is 0 Å². The summed E-state index contributed by atoms with van der Waals surface area (Å²) in [5, 5.41) is 3.56. The van der Waals surface area contributed by atoms with Crippen molar-refractivity contribution in [1.82, 2.24) is 10.2 Å². The van der Waals surface area contributed by atoms with Crippen LogP contribution in [0.2, 0.25) is 0 Å². The van der Waals surface area contributed by atoms with Crippen LogP contribution >= 0.6 is 0 Å². The maximum Gasteiger partial charge on any atom is 0.00223 e. The fourth-order valence-electron chi connectivity index (χ4n) is 2.46. The molecule has 0 aromatic rings. The van der Waals surface area contributed by atoms with E-state index in [0.717, 1.165) is 11.8 Å². The minimum absolute atomic E-state index is 0.644. The normalized spacial score (nSPS) is 27.8. The van der Waals surface area contributed by atoms with Crippen molar-refractivity contribution in [2.75, 3.05) is 26.2 Å². The molecule has 1 heterocycles. The molecular weight excluding hydrogens is 184 g/mol. The third-order valence-corrected chi connectivity index (χ3v) is 3.74. The first-order chi connectivity index (χ1) is 7.24. The van der Waals surface area contributed by atoms with Crippen molar-refractivity contribution in [2.24, 2.45) is 11.8 Å². The van der Waals surface area contributed by atoms with E-state index in [1.54, 1.807) is 0 Å². The van der Waals surface area contributed by atoms with Gasteiger partial charge in [-0.3, -0.25) is 0 Å². The predicted molar refractivity (Wildman–Crippen MR) is 65.0 cm³/mol. The van der Waals surface area contributed by atoms with Crippen LogP contribution in [0.25, 0.3) is 0 Å². The summed E-state index contributed by atoms with van der Waals surface area (Å²) in [7, 11) is 0. The van der Waals surface area contributed by atoms with E-state index in [1.807, 2.05) is 0 Å². The van der Waals surface area contributed by atoms with Gasteiger partial charge in [0, 0.05) is 12.6 Å². The third kappa shape index (κ3) is 4.12. The van der Waals surface area contributed by atoms with Crippen molar-refractivity contribution in [3.63, 3.8) is 0 Å². The molecule has 2 nitrogen and oxygen atoms in total. The summed E-state index contributed by atoms with van der Waals surface area (Å²) in [5.74, 6) is 2.00. The molecule has 0 aromatic heterocycles. The Morgan fingerprint density at radius 2 is 2.00 bits per heavy atom. The fourth-order valence-corrected chi connectivity index (χ4v) is 2.46. The van der Waals surface area contributed by atoms with Crippen LogP contribution in [0.3, 0.4) is 0 Å². The first-order valence-electron chi connectivity index (χ1n) is 6.70. The third-order valence-electron chi connectivity index (χ3n) is 3.74. The van der Waals surface area contributed by atoms with Crippen LogP contribution in [0, 0.1) is 11.8 Å². The van der Waals surface area contributed by atoms with Gasteiger partial charge in [0.05, 0.1) is 0 Å². The van der Waals surface area contributed by atoms with Gasteiger partial charge < -0.3 is 10.2 Å². The molecule has 1 unspecified atom stereocenters. The second-order valence-electron chi connectivity index (χ2n) is 5.75. The molecule has 1 aliphatic carbocycles. The first-order valence-corrected chi connectivity index (χ1v) is 6.70. The van der Waals surface area contributed by atoms with Gasteiger partial charge in [-0.05, 0) is 44.3 Å². The largest absolute Gasteiger partial charge is 0.314 e. The minimum atomic E-state index is 0.644. The molecule has 0 amide bonds. The summed E-state index contributed by atoms with van der Waals surface area (Å²) in [6.07, 6.45) is 5.88. The highest BCUT2D eigenvalue weighted by Crippen LogP contribution is 2.32. The zero-order valence-corrected chi connectivity index (χ0v) is 10.3. The summed E-state index contributed by atoms with van der Waals surface area (Å²) < 4.78 is 0. The van der Waals surface area contributed by atoms with E-state index in [9.17, 15) is 0 Å². The van der Waals surface area contributed by atoms with Gasteiger partial charge in [-0.25, -0.2) is 0 Å². The Kier molecular flexibility index (Phi) is 4.04. The van der Waals surface area contributed by atoms with Gasteiger partial charge >= 0.3 is 0 Å². The molecule has 1 saturated heterocycles. The molecule has 1 N–H and O–H groups in total. The van der Waals surface area contributed by atoms with Gasteiger partial charge in [0.2, 0.25) is 0 Å². The van der Waals surface area contributed by atoms with E-state index in [-0.39, 0.29) is 0 Å². The molecular formula is C13H26N2. The highest BCUT2D eigenvalue weighted by atomic mass is 15.1. The van der Waals surface area contributed by atoms with E-state index in [2.05, 4.69) is 24.1 Å². The van der Waals surface area contributed by atoms with E-state index < -0.39 is 0 Å². The van der Waals surface area contributed by atoms with Gasteiger partial charge in [-0.2, -0.15) is 0 Å². The standard InChI is InChI=1S/C13H26N2/c1-11(2)14-9-13-6-8-15(10-13)7-5-12-3-4-12/h11-14H,3-10H2,1-2H3. The lowest BCUT2D eigenvalue weighted by Gasteiger charge is -2.16. The Morgan fingerprint density at radius 1 is 1.20 bits per heavy atom. The van der Waals surface area contributed by atoms with Gasteiger partial charge in [0.1, 0.15) is 0 Å². The Bertz CT molecular complexity index is 175. The second-order valence-corrected chi connectivity index (χ2v) is 5.75. The highest BCUT2D eigenvalue weighted by molar-refractivity contribution is 4.80. The lowest BCUT2D eigenvalue weighted by Crippen LogP contribution is -2.31. The number of nitrogens with zero attached hydrogens (tertiary/aromatic N) is 1. The fraction of sp³-hybridized carbons (Fsp3) is 1.00. The average Bonchev–Trinajstić information content (AvgIpc) is 2.92. The van der Waals surface area contributed by atoms with Crippen LogP contribution < -0.4 is 5.32 Å². The Hall–Kier alpha value is -0.0800. The molecule has 88 valence electrons. The van der Waals surface area contributed by atoms with E-state index in [1.165, 1.54) is 51.9 Å². The lowest BCUT2D eigenvalue weighted by molar-refractivity contribution is 0.309. The average molecular weight is 210 g/mol. The maximum atomic E-state index is 3.56. The molecule has 2 heteroatoms. The summed E-state index contributed by atoms with van der Waals surface area (Å²) in [4.78, 5) is 2.67. The maximum absolute atomic E-state index is 3.56. The van der Waals surface area contributed by atoms with Crippen molar-refractivity contribution in [2.45, 2.75) is 45.6 Å². The molecule has 0 bridgehead atoms.